The van der Waals surface area contributed by atoms with Gasteiger partial charge in [-0.15, -0.1) is 0 Å². The first-order valence-electron chi connectivity index (χ1n) is 7.87. The van der Waals surface area contributed by atoms with Crippen molar-refractivity contribution in [2.24, 2.45) is 0 Å². The van der Waals surface area contributed by atoms with Gasteiger partial charge in [-0.05, 0) is 33.2 Å². The third kappa shape index (κ3) is 13.5. The summed E-state index contributed by atoms with van der Waals surface area (Å²) in [4.78, 5) is 34.8. The summed E-state index contributed by atoms with van der Waals surface area (Å²) in [5.41, 5.74) is 0. The lowest BCUT2D eigenvalue weighted by atomic mass is 10.1. The highest BCUT2D eigenvalue weighted by atomic mass is 16.2. The molecule has 0 fully saturated rings. The largest absolute Gasteiger partial charge is 0.345 e. The topological polar surface area (TPSA) is 66.5 Å². The quantitative estimate of drug-likeness (QED) is 0.417. The van der Waals surface area contributed by atoms with Crippen LogP contribution in [0.1, 0.15) is 58.8 Å². The second-order valence-corrected chi connectivity index (χ2v) is 5.66. The van der Waals surface area contributed by atoms with Crippen molar-refractivity contribution in [3.05, 3.63) is 0 Å². The highest BCUT2D eigenvalue weighted by molar-refractivity contribution is 5.96. The third-order valence-corrected chi connectivity index (χ3v) is 3.33. The summed E-state index contributed by atoms with van der Waals surface area (Å²) >= 11 is 0. The van der Waals surface area contributed by atoms with Crippen molar-refractivity contribution in [3.8, 4) is 0 Å². The smallest absolute Gasteiger partial charge is 0.229 e. The Balaban J connectivity index is 3.34. The van der Waals surface area contributed by atoms with Crippen molar-refractivity contribution in [1.29, 1.82) is 0 Å². The van der Waals surface area contributed by atoms with Crippen LogP contribution in [0.2, 0.25) is 0 Å². The molecule has 1 N–H and O–H groups in total. The van der Waals surface area contributed by atoms with Gasteiger partial charge in [0.2, 0.25) is 5.91 Å². The lowest BCUT2D eigenvalue weighted by Crippen LogP contribution is -2.28. The Morgan fingerprint density at radius 1 is 0.857 bits per heavy atom. The normalized spacial score (nSPS) is 10.4. The second-order valence-electron chi connectivity index (χ2n) is 5.66. The van der Waals surface area contributed by atoms with E-state index < -0.39 is 0 Å². The fourth-order valence-corrected chi connectivity index (χ4v) is 1.99. The maximum absolute atomic E-state index is 11.5. The Morgan fingerprint density at radius 3 is 2.10 bits per heavy atom. The molecular weight excluding hydrogens is 268 g/mol. The van der Waals surface area contributed by atoms with Gasteiger partial charge in [-0.3, -0.25) is 14.4 Å². The Bertz CT molecular complexity index is 329. The number of ketones is 2. The third-order valence-electron chi connectivity index (χ3n) is 3.33. The molecule has 0 atom stereocenters. The van der Waals surface area contributed by atoms with Crippen LogP contribution in [-0.4, -0.2) is 49.1 Å². The Labute approximate surface area is 128 Å². The molecule has 0 radical (unpaired) electrons. The van der Waals surface area contributed by atoms with Gasteiger partial charge in [0, 0.05) is 26.6 Å². The second kappa shape index (κ2) is 12.5. The molecule has 1 amide bonds. The van der Waals surface area contributed by atoms with Crippen molar-refractivity contribution in [2.75, 3.05) is 26.7 Å². The fraction of sp³-hybridized carbons (Fsp3) is 0.812. The molecule has 0 bridgehead atoms. The van der Waals surface area contributed by atoms with Crippen LogP contribution >= 0.6 is 0 Å². The lowest BCUT2D eigenvalue weighted by Gasteiger charge is -2.16. The van der Waals surface area contributed by atoms with E-state index in [0.717, 1.165) is 51.7 Å². The van der Waals surface area contributed by atoms with Crippen LogP contribution in [0.25, 0.3) is 0 Å². The molecule has 0 saturated heterocycles. The van der Waals surface area contributed by atoms with Crippen LogP contribution < -0.4 is 5.32 Å². The maximum atomic E-state index is 11.5. The molecule has 5 nitrogen and oxygen atoms in total. The molecule has 0 unspecified atom stereocenters. The van der Waals surface area contributed by atoms with Crippen LogP contribution in [0.5, 0.6) is 0 Å². The number of carbonyl (C=O) groups excluding carboxylic acids is 3. The number of amides is 1. The van der Waals surface area contributed by atoms with Gasteiger partial charge in [-0.1, -0.05) is 19.3 Å². The molecule has 0 aliphatic rings. The first kappa shape index (κ1) is 19.8. The SMILES string of the molecule is CC(=O)CCNCCCCCCCN(C)C(=O)CC(C)=O. The van der Waals surface area contributed by atoms with Gasteiger partial charge >= 0.3 is 0 Å². The molecule has 5 heteroatoms. The highest BCUT2D eigenvalue weighted by Crippen LogP contribution is 2.04. The maximum Gasteiger partial charge on any atom is 0.229 e. The predicted molar refractivity (Wildman–Crippen MR) is 84.2 cm³/mol. The fourth-order valence-electron chi connectivity index (χ4n) is 1.99. The summed E-state index contributed by atoms with van der Waals surface area (Å²) in [6.45, 7) is 5.52. The first-order valence-corrected chi connectivity index (χ1v) is 7.87. The number of unbranched alkanes of at least 4 members (excludes halogenated alkanes) is 4. The van der Waals surface area contributed by atoms with Crippen LogP contribution in [0.4, 0.5) is 0 Å². The average molecular weight is 298 g/mol. The van der Waals surface area contributed by atoms with Crippen molar-refractivity contribution in [3.63, 3.8) is 0 Å². The first-order chi connectivity index (χ1) is 9.93. The van der Waals surface area contributed by atoms with Gasteiger partial charge in [0.25, 0.3) is 0 Å². The molecule has 0 heterocycles. The van der Waals surface area contributed by atoms with Crippen LogP contribution in [0, 0.1) is 0 Å². The van der Waals surface area contributed by atoms with Gasteiger partial charge in [0.15, 0.2) is 0 Å². The standard InChI is InChI=1S/C16H30N2O3/c1-14(19)9-11-17-10-7-5-4-6-8-12-18(3)16(21)13-15(2)20/h17H,4-13H2,1-3H3. The van der Waals surface area contributed by atoms with E-state index >= 15 is 0 Å². The van der Waals surface area contributed by atoms with Gasteiger partial charge in [-0.25, -0.2) is 0 Å². The van der Waals surface area contributed by atoms with Crippen molar-refractivity contribution in [2.45, 2.75) is 58.8 Å². The van der Waals surface area contributed by atoms with E-state index in [9.17, 15) is 14.4 Å². The number of nitrogens with one attached hydrogen (secondary N) is 1. The summed E-state index contributed by atoms with van der Waals surface area (Å²) in [7, 11) is 1.75. The molecule has 0 aromatic heterocycles. The lowest BCUT2D eigenvalue weighted by molar-refractivity contribution is -0.133. The van der Waals surface area contributed by atoms with E-state index in [2.05, 4.69) is 5.32 Å². The zero-order chi connectivity index (χ0) is 16.1. The van der Waals surface area contributed by atoms with Crippen molar-refractivity contribution >= 4 is 17.5 Å². The minimum Gasteiger partial charge on any atom is -0.345 e. The summed E-state index contributed by atoms with van der Waals surface area (Å²) < 4.78 is 0. The zero-order valence-electron chi connectivity index (χ0n) is 13.7. The summed E-state index contributed by atoms with van der Waals surface area (Å²) in [5.74, 6) is 0.0623. The molecule has 0 aliphatic heterocycles. The van der Waals surface area contributed by atoms with Crippen molar-refractivity contribution in [1.82, 2.24) is 10.2 Å². The van der Waals surface area contributed by atoms with Gasteiger partial charge in [0.1, 0.15) is 11.6 Å². The van der Waals surface area contributed by atoms with Crippen LogP contribution in [0.15, 0.2) is 0 Å². The van der Waals surface area contributed by atoms with Gasteiger partial charge in [0.05, 0.1) is 6.42 Å². The van der Waals surface area contributed by atoms with Crippen LogP contribution in [-0.2, 0) is 14.4 Å². The molecule has 0 aromatic rings. The molecule has 0 rings (SSSR count). The number of carbonyl (C=O) groups is 3. The highest BCUT2D eigenvalue weighted by Gasteiger charge is 2.10. The van der Waals surface area contributed by atoms with E-state index in [-0.39, 0.29) is 23.9 Å². The number of hydrogen-bond acceptors (Lipinski definition) is 4. The van der Waals surface area contributed by atoms with E-state index in [1.165, 1.54) is 6.92 Å². The van der Waals surface area contributed by atoms with Crippen molar-refractivity contribution < 1.29 is 14.4 Å². The van der Waals surface area contributed by atoms with E-state index in [0.29, 0.717) is 6.42 Å². The van der Waals surface area contributed by atoms with Crippen LogP contribution in [0.3, 0.4) is 0 Å². The Kier molecular flexibility index (Phi) is 11.8. The molecule has 0 aliphatic carbocycles. The Morgan fingerprint density at radius 2 is 1.48 bits per heavy atom. The monoisotopic (exact) mass is 298 g/mol. The molecule has 122 valence electrons. The van der Waals surface area contributed by atoms with E-state index in [1.807, 2.05) is 0 Å². The summed E-state index contributed by atoms with van der Waals surface area (Å²) in [6.07, 6.45) is 6.16. The molecule has 21 heavy (non-hydrogen) atoms. The minimum absolute atomic E-state index is 0.0163. The number of nitrogens with zero attached hydrogens (tertiary/aromatic N) is 1. The number of rotatable bonds is 13. The molecular formula is C16H30N2O3. The summed E-state index contributed by atoms with van der Waals surface area (Å²) in [5, 5.41) is 3.25. The van der Waals surface area contributed by atoms with Gasteiger partial charge in [-0.2, -0.15) is 0 Å². The number of hydrogen-bond donors (Lipinski definition) is 1. The minimum atomic E-state index is -0.0860. The molecule has 0 saturated carbocycles. The van der Waals surface area contributed by atoms with E-state index in [1.54, 1.807) is 18.9 Å². The predicted octanol–water partition coefficient (Wildman–Crippen LogP) is 1.94. The zero-order valence-corrected chi connectivity index (χ0v) is 13.7. The molecule has 0 spiro atoms. The number of Topliss-reactive ketones (excluding diaryl/α,β-unsaturated/α-hetero) is 2. The molecule has 0 aromatic carbocycles. The Hall–Kier alpha value is -1.23. The summed E-state index contributed by atoms with van der Waals surface area (Å²) in [6, 6.07) is 0. The van der Waals surface area contributed by atoms with E-state index in [4.69, 9.17) is 0 Å². The average Bonchev–Trinajstić information content (AvgIpc) is 2.39. The van der Waals surface area contributed by atoms with Gasteiger partial charge < -0.3 is 10.2 Å².